The number of phenolic OH excluding ortho intramolecular Hbond substituents is 1. The van der Waals surface area contributed by atoms with E-state index >= 15 is 0 Å². The monoisotopic (exact) mass is 286 g/mol. The third kappa shape index (κ3) is 2.73. The Kier molecular flexibility index (Phi) is 3.27. The summed E-state index contributed by atoms with van der Waals surface area (Å²) in [4.78, 5) is 3.90. The number of benzene rings is 1. The van der Waals surface area contributed by atoms with Gasteiger partial charge in [0, 0.05) is 12.3 Å². The summed E-state index contributed by atoms with van der Waals surface area (Å²) in [7, 11) is -3.35. The lowest BCUT2D eigenvalue weighted by molar-refractivity contribution is 0.416. The first kappa shape index (κ1) is 13.5. The molecule has 1 unspecified atom stereocenters. The third-order valence-corrected chi connectivity index (χ3v) is 4.13. The van der Waals surface area contributed by atoms with E-state index in [0.717, 1.165) is 18.4 Å². The number of aromatic hydroxyl groups is 1. The first-order valence-corrected chi connectivity index (χ1v) is 7.26. The van der Waals surface area contributed by atoms with Crippen molar-refractivity contribution in [1.82, 2.24) is 10.1 Å². The summed E-state index contributed by atoms with van der Waals surface area (Å²) in [6.07, 6.45) is 1.06. The molecule has 1 heterocycles. The van der Waals surface area contributed by atoms with Crippen LogP contribution in [0.3, 0.4) is 0 Å². The molecule has 0 amide bonds. The topological polar surface area (TPSA) is 93.3 Å². The molecular weight excluding hydrogens is 275 g/mol. The van der Waals surface area contributed by atoms with Gasteiger partial charge in [-0.3, -0.25) is 0 Å². The Morgan fingerprint density at radius 3 is 2.68 bits per heavy atom. The van der Waals surface area contributed by atoms with Crippen LogP contribution in [-0.4, -0.2) is 29.9 Å². The fourth-order valence-electron chi connectivity index (χ4n) is 1.39. The van der Waals surface area contributed by atoms with Gasteiger partial charge in [-0.15, -0.1) is 0 Å². The van der Waals surface area contributed by atoms with Crippen LogP contribution in [0.25, 0.3) is 11.5 Å². The lowest BCUT2D eigenvalue weighted by Crippen LogP contribution is -2.09. The Labute approximate surface area is 108 Å². The molecule has 2 aromatic rings. The zero-order chi connectivity index (χ0) is 14.2. The molecule has 0 aliphatic rings. The Hall–Kier alpha value is -1.96. The van der Waals surface area contributed by atoms with Gasteiger partial charge in [0.1, 0.15) is 16.8 Å². The van der Waals surface area contributed by atoms with Gasteiger partial charge >= 0.3 is 0 Å². The number of nitrogens with zero attached hydrogens (tertiary/aromatic N) is 2. The van der Waals surface area contributed by atoms with E-state index in [-0.39, 0.29) is 23.0 Å². The van der Waals surface area contributed by atoms with Gasteiger partial charge in [-0.05, 0) is 19.1 Å². The Morgan fingerprint density at radius 2 is 2.11 bits per heavy atom. The normalized spacial score (nSPS) is 13.4. The average molecular weight is 286 g/mol. The number of hydrogen-bond donors (Lipinski definition) is 1. The van der Waals surface area contributed by atoms with E-state index in [4.69, 9.17) is 4.52 Å². The molecule has 0 saturated heterocycles. The van der Waals surface area contributed by atoms with Crippen LogP contribution in [0.5, 0.6) is 5.75 Å². The number of hydrogen-bond acceptors (Lipinski definition) is 6. The van der Waals surface area contributed by atoms with Crippen LogP contribution >= 0.6 is 0 Å². The summed E-state index contributed by atoms with van der Waals surface area (Å²) in [5.41, 5.74) is 0.140. The number of phenols is 1. The highest BCUT2D eigenvalue weighted by atomic mass is 32.2. The van der Waals surface area contributed by atoms with Crippen LogP contribution in [0.2, 0.25) is 0 Å². The van der Waals surface area contributed by atoms with Crippen molar-refractivity contribution in [1.29, 1.82) is 0 Å². The van der Waals surface area contributed by atoms with Gasteiger partial charge in [0.2, 0.25) is 0 Å². The second-order valence-corrected chi connectivity index (χ2v) is 6.46. The smallest absolute Gasteiger partial charge is 0.261 e. The van der Waals surface area contributed by atoms with Gasteiger partial charge in [0.15, 0.2) is 15.7 Å². The van der Waals surface area contributed by atoms with Gasteiger partial charge in [0.05, 0.1) is 5.56 Å². The van der Waals surface area contributed by atoms with E-state index in [2.05, 4.69) is 10.1 Å². The van der Waals surface area contributed by atoms with E-state index < -0.39 is 20.9 Å². The van der Waals surface area contributed by atoms with E-state index in [1.165, 1.54) is 13.0 Å². The Balaban J connectivity index is 2.41. The second-order valence-electron chi connectivity index (χ2n) is 4.09. The zero-order valence-electron chi connectivity index (χ0n) is 10.2. The van der Waals surface area contributed by atoms with Gasteiger partial charge in [-0.1, -0.05) is 5.16 Å². The molecule has 1 N–H and O–H groups in total. The maximum atomic E-state index is 12.8. The predicted molar refractivity (Wildman–Crippen MR) is 64.6 cm³/mol. The van der Waals surface area contributed by atoms with Crippen molar-refractivity contribution in [3.63, 3.8) is 0 Å². The highest BCUT2D eigenvalue weighted by Crippen LogP contribution is 2.29. The van der Waals surface area contributed by atoms with Gasteiger partial charge in [0.25, 0.3) is 5.89 Å². The highest BCUT2D eigenvalue weighted by molar-refractivity contribution is 7.90. The van der Waals surface area contributed by atoms with Crippen molar-refractivity contribution in [2.75, 3.05) is 6.26 Å². The minimum Gasteiger partial charge on any atom is -0.507 e. The van der Waals surface area contributed by atoms with E-state index in [0.29, 0.717) is 0 Å². The molecule has 0 aliphatic heterocycles. The molecule has 0 spiro atoms. The van der Waals surface area contributed by atoms with Gasteiger partial charge < -0.3 is 9.63 Å². The van der Waals surface area contributed by atoms with Crippen molar-refractivity contribution in [2.45, 2.75) is 12.2 Å². The molecule has 0 fully saturated rings. The molecule has 19 heavy (non-hydrogen) atoms. The molecule has 1 atom stereocenters. The van der Waals surface area contributed by atoms with Crippen molar-refractivity contribution >= 4 is 9.84 Å². The second kappa shape index (κ2) is 4.61. The average Bonchev–Trinajstić information content (AvgIpc) is 2.75. The summed E-state index contributed by atoms with van der Waals surface area (Å²) < 4.78 is 40.5. The molecule has 8 heteroatoms. The lowest BCUT2D eigenvalue weighted by Gasteiger charge is -2.02. The summed E-state index contributed by atoms with van der Waals surface area (Å²) >= 11 is 0. The molecule has 102 valence electrons. The fourth-order valence-corrected chi connectivity index (χ4v) is 1.87. The molecule has 0 radical (unpaired) electrons. The molecule has 2 rings (SSSR count). The molecule has 0 aliphatic carbocycles. The summed E-state index contributed by atoms with van der Waals surface area (Å²) in [6.45, 7) is 1.43. The summed E-state index contributed by atoms with van der Waals surface area (Å²) in [5, 5.41) is 12.2. The Bertz CT molecular complexity index is 711. The van der Waals surface area contributed by atoms with Crippen molar-refractivity contribution in [3.8, 4) is 17.2 Å². The largest absolute Gasteiger partial charge is 0.507 e. The van der Waals surface area contributed by atoms with E-state index in [1.807, 2.05) is 0 Å². The first-order valence-electron chi connectivity index (χ1n) is 5.30. The van der Waals surface area contributed by atoms with Crippen molar-refractivity contribution in [2.24, 2.45) is 0 Å². The van der Waals surface area contributed by atoms with Crippen LogP contribution in [-0.2, 0) is 9.84 Å². The lowest BCUT2D eigenvalue weighted by atomic mass is 10.2. The van der Waals surface area contributed by atoms with E-state index in [1.54, 1.807) is 0 Å². The predicted octanol–water partition coefficient (Wildman–Crippen LogP) is 1.69. The molecule has 0 bridgehead atoms. The molecule has 1 aromatic heterocycles. The third-order valence-electron chi connectivity index (χ3n) is 2.64. The molecule has 1 aromatic carbocycles. The minimum absolute atomic E-state index is 0.0128. The number of aromatic nitrogens is 2. The summed E-state index contributed by atoms with van der Waals surface area (Å²) in [5.74, 6) is -1.04. The van der Waals surface area contributed by atoms with Crippen LogP contribution in [0.1, 0.15) is 18.0 Å². The zero-order valence-corrected chi connectivity index (χ0v) is 11.0. The maximum Gasteiger partial charge on any atom is 0.261 e. The van der Waals surface area contributed by atoms with Crippen LogP contribution in [0.15, 0.2) is 22.7 Å². The van der Waals surface area contributed by atoms with Crippen molar-refractivity contribution < 1.29 is 22.4 Å². The molecule has 0 saturated carbocycles. The highest BCUT2D eigenvalue weighted by Gasteiger charge is 2.24. The SMILES string of the molecule is CC(c1noc(-c2ccc(F)cc2O)n1)S(C)(=O)=O. The van der Waals surface area contributed by atoms with E-state index in [9.17, 15) is 17.9 Å². The van der Waals surface area contributed by atoms with Gasteiger partial charge in [-0.2, -0.15) is 4.98 Å². The standard InChI is InChI=1S/C11H11FN2O4S/c1-6(19(2,16)17)10-13-11(18-14-10)8-4-3-7(12)5-9(8)15/h3-6,15H,1-2H3. The fraction of sp³-hybridized carbons (Fsp3) is 0.273. The van der Waals surface area contributed by atoms with Crippen molar-refractivity contribution in [3.05, 3.63) is 29.8 Å². The van der Waals surface area contributed by atoms with Crippen LogP contribution in [0, 0.1) is 5.82 Å². The van der Waals surface area contributed by atoms with Gasteiger partial charge in [-0.25, -0.2) is 12.8 Å². The first-order chi connectivity index (χ1) is 8.79. The quantitative estimate of drug-likeness (QED) is 0.922. The molecular formula is C11H11FN2O4S. The minimum atomic E-state index is -3.35. The number of sulfone groups is 1. The van der Waals surface area contributed by atoms with Crippen LogP contribution < -0.4 is 0 Å². The molecule has 6 nitrogen and oxygen atoms in total. The summed E-state index contributed by atoms with van der Waals surface area (Å²) in [6, 6.07) is 3.30. The number of rotatable bonds is 3. The Morgan fingerprint density at radius 1 is 1.42 bits per heavy atom. The number of halogens is 1. The van der Waals surface area contributed by atoms with Crippen LogP contribution in [0.4, 0.5) is 4.39 Å². The maximum absolute atomic E-state index is 12.8.